The maximum absolute atomic E-state index is 6.07. The van der Waals surface area contributed by atoms with Crippen molar-refractivity contribution in [3.05, 3.63) is 71.3 Å². The minimum absolute atomic E-state index is 0.244. The maximum atomic E-state index is 6.07. The molecule has 6 rings (SSSR count). The Kier molecular flexibility index (Phi) is 5.31. The van der Waals surface area contributed by atoms with Gasteiger partial charge in [0.25, 0.3) is 0 Å². The monoisotopic (exact) mass is 430 g/mol. The van der Waals surface area contributed by atoms with Gasteiger partial charge in [-0.3, -0.25) is 0 Å². The zero-order valence-corrected chi connectivity index (χ0v) is 18.4. The van der Waals surface area contributed by atoms with E-state index in [9.17, 15) is 0 Å². The van der Waals surface area contributed by atoms with Gasteiger partial charge in [-0.15, -0.1) is 0 Å². The molecule has 0 aliphatic carbocycles. The fourth-order valence-corrected chi connectivity index (χ4v) is 5.36. The third-order valence-electron chi connectivity index (χ3n) is 7.14. The number of nitrogens with zero attached hydrogens (tertiary/aromatic N) is 3. The Morgan fingerprint density at radius 1 is 1.00 bits per heavy atom. The molecule has 1 unspecified atom stereocenters. The number of hydrogen-bond acceptors (Lipinski definition) is 5. The third kappa shape index (κ3) is 3.77. The molecule has 0 saturated carbocycles. The Morgan fingerprint density at radius 3 is 2.75 bits per heavy atom. The van der Waals surface area contributed by atoms with Crippen LogP contribution >= 0.6 is 0 Å². The molecule has 0 amide bonds. The van der Waals surface area contributed by atoms with Crippen LogP contribution < -0.4 is 10.1 Å². The number of benzene rings is 1. The molecule has 1 fully saturated rings. The highest BCUT2D eigenvalue weighted by molar-refractivity contribution is 5.51. The number of rotatable bonds is 5. The van der Waals surface area contributed by atoms with E-state index in [1.807, 2.05) is 6.20 Å². The molecule has 0 radical (unpaired) electrons. The van der Waals surface area contributed by atoms with Gasteiger partial charge >= 0.3 is 0 Å². The molecular weight excluding hydrogens is 400 g/mol. The molecule has 32 heavy (non-hydrogen) atoms. The van der Waals surface area contributed by atoms with Crippen LogP contribution in [0.25, 0.3) is 0 Å². The summed E-state index contributed by atoms with van der Waals surface area (Å²) in [6.45, 7) is 2.40. The van der Waals surface area contributed by atoms with Gasteiger partial charge in [-0.2, -0.15) is 0 Å². The van der Waals surface area contributed by atoms with Crippen LogP contribution in [0.1, 0.15) is 60.4 Å². The molecule has 2 aromatic heterocycles. The molecule has 3 aromatic rings. The summed E-state index contributed by atoms with van der Waals surface area (Å²) in [6, 6.07) is 15.6. The fraction of sp³-hybridized carbons (Fsp3) is 0.462. The van der Waals surface area contributed by atoms with Crippen molar-refractivity contribution in [1.29, 1.82) is 0 Å². The third-order valence-corrected chi connectivity index (χ3v) is 7.14. The van der Waals surface area contributed by atoms with Crippen LogP contribution in [0.15, 0.2) is 48.7 Å². The van der Waals surface area contributed by atoms with E-state index in [0.29, 0.717) is 12.0 Å². The van der Waals surface area contributed by atoms with Crippen molar-refractivity contribution < 1.29 is 9.47 Å². The van der Waals surface area contributed by atoms with Crippen molar-refractivity contribution in [1.82, 2.24) is 14.5 Å². The summed E-state index contributed by atoms with van der Waals surface area (Å²) in [7, 11) is 0. The van der Waals surface area contributed by atoms with Crippen LogP contribution in [-0.2, 0) is 17.6 Å². The van der Waals surface area contributed by atoms with Crippen LogP contribution in [0.2, 0.25) is 0 Å². The lowest BCUT2D eigenvalue weighted by molar-refractivity contribution is 0.0490. The maximum Gasteiger partial charge on any atom is 0.213 e. The highest BCUT2D eigenvalue weighted by Gasteiger charge is 2.33. The van der Waals surface area contributed by atoms with Crippen molar-refractivity contribution >= 4 is 5.82 Å². The first kappa shape index (κ1) is 19.8. The first-order valence-electron chi connectivity index (χ1n) is 11.9. The topological polar surface area (TPSA) is 61.2 Å². The molecule has 3 aliphatic rings. The Bertz CT molecular complexity index is 1070. The van der Waals surface area contributed by atoms with Gasteiger partial charge in [0.2, 0.25) is 5.88 Å². The minimum atomic E-state index is 0.244. The highest BCUT2D eigenvalue weighted by Crippen LogP contribution is 2.41. The summed E-state index contributed by atoms with van der Waals surface area (Å²) in [6.07, 6.45) is 8.20. The summed E-state index contributed by atoms with van der Waals surface area (Å²) in [5.41, 5.74) is 3.81. The normalized spacial score (nSPS) is 22.8. The molecule has 1 saturated heterocycles. The molecule has 6 heteroatoms. The second-order valence-electron chi connectivity index (χ2n) is 9.19. The molecule has 1 aromatic carbocycles. The molecule has 0 bridgehead atoms. The van der Waals surface area contributed by atoms with E-state index in [2.05, 4.69) is 57.3 Å². The van der Waals surface area contributed by atoms with Crippen LogP contribution in [-0.4, -0.2) is 34.4 Å². The van der Waals surface area contributed by atoms with E-state index in [0.717, 1.165) is 64.2 Å². The summed E-state index contributed by atoms with van der Waals surface area (Å²) in [4.78, 5) is 9.45. The first-order valence-corrected chi connectivity index (χ1v) is 11.9. The summed E-state index contributed by atoms with van der Waals surface area (Å²) < 4.78 is 14.0. The summed E-state index contributed by atoms with van der Waals surface area (Å²) in [5, 5.41) is 3.83. The van der Waals surface area contributed by atoms with Crippen molar-refractivity contribution in [2.24, 2.45) is 5.92 Å². The van der Waals surface area contributed by atoms with Gasteiger partial charge in [-0.25, -0.2) is 9.97 Å². The number of imidazole rings is 1. The zero-order valence-electron chi connectivity index (χ0n) is 18.4. The van der Waals surface area contributed by atoms with E-state index in [-0.39, 0.29) is 6.04 Å². The number of ether oxygens (including phenoxy) is 2. The average molecular weight is 431 g/mol. The lowest BCUT2D eigenvalue weighted by Crippen LogP contribution is -2.22. The van der Waals surface area contributed by atoms with Gasteiger partial charge < -0.3 is 19.4 Å². The number of hydrogen-bond donors (Lipinski definition) is 1. The Hall–Kier alpha value is -2.86. The molecule has 5 heterocycles. The lowest BCUT2D eigenvalue weighted by atomic mass is 9.98. The van der Waals surface area contributed by atoms with Gasteiger partial charge in [0.1, 0.15) is 11.6 Å². The largest absolute Gasteiger partial charge is 0.477 e. The molecule has 6 nitrogen and oxygen atoms in total. The number of aryl methyl sites for hydroxylation is 2. The van der Waals surface area contributed by atoms with Crippen molar-refractivity contribution in [2.75, 3.05) is 25.1 Å². The first-order chi connectivity index (χ1) is 15.8. The van der Waals surface area contributed by atoms with E-state index in [1.165, 1.54) is 28.5 Å². The Labute approximate surface area is 189 Å². The quantitative estimate of drug-likeness (QED) is 0.635. The van der Waals surface area contributed by atoms with Gasteiger partial charge in [0.15, 0.2) is 0 Å². The van der Waals surface area contributed by atoms with E-state index >= 15 is 0 Å². The average Bonchev–Trinajstić information content (AvgIpc) is 3.43. The Balaban J connectivity index is 1.20. The molecular formula is C26H30N4O2. The molecule has 166 valence electrons. The number of aromatic nitrogens is 3. The SMILES string of the molecule is c1ccc(C2CCc3nc4c(n32)N[C@@H](c2ccnc(OCC3CCOCC3)c2)CC4)cc1. The van der Waals surface area contributed by atoms with Gasteiger partial charge in [0, 0.05) is 31.9 Å². The van der Waals surface area contributed by atoms with Crippen LogP contribution in [0.4, 0.5) is 5.82 Å². The van der Waals surface area contributed by atoms with Crippen LogP contribution in [0.3, 0.4) is 0 Å². The predicted octanol–water partition coefficient (Wildman–Crippen LogP) is 4.72. The second-order valence-corrected chi connectivity index (χ2v) is 9.19. The lowest BCUT2D eigenvalue weighted by Gasteiger charge is -2.28. The molecule has 0 spiro atoms. The number of anilines is 1. The van der Waals surface area contributed by atoms with Crippen molar-refractivity contribution in [2.45, 2.75) is 50.6 Å². The van der Waals surface area contributed by atoms with Crippen molar-refractivity contribution in [3.63, 3.8) is 0 Å². The number of nitrogens with one attached hydrogen (secondary N) is 1. The molecule has 2 atom stereocenters. The van der Waals surface area contributed by atoms with Gasteiger partial charge in [-0.05, 0) is 55.2 Å². The number of pyridine rings is 1. The van der Waals surface area contributed by atoms with Crippen LogP contribution in [0.5, 0.6) is 5.88 Å². The smallest absolute Gasteiger partial charge is 0.213 e. The molecule has 1 N–H and O–H groups in total. The van der Waals surface area contributed by atoms with E-state index < -0.39 is 0 Å². The second kappa shape index (κ2) is 8.58. The fourth-order valence-electron chi connectivity index (χ4n) is 5.36. The van der Waals surface area contributed by atoms with E-state index in [1.54, 1.807) is 0 Å². The zero-order chi connectivity index (χ0) is 21.3. The standard InChI is InChI=1S/C26H30N4O2/c1-2-4-19(5-3-1)23-8-9-24-28-22-7-6-21(29-26(22)30(23)24)20-10-13-27-25(16-20)32-17-18-11-14-31-15-12-18/h1-5,10,13,16,18,21,23,29H,6-9,11-12,14-15,17H2/t21-,23?/m1/s1. The van der Waals surface area contributed by atoms with Gasteiger partial charge in [0.05, 0.1) is 24.4 Å². The molecule has 3 aliphatic heterocycles. The predicted molar refractivity (Wildman–Crippen MR) is 123 cm³/mol. The highest BCUT2D eigenvalue weighted by atomic mass is 16.5. The summed E-state index contributed by atoms with van der Waals surface area (Å²) in [5.74, 6) is 3.70. The Morgan fingerprint density at radius 2 is 1.88 bits per heavy atom. The minimum Gasteiger partial charge on any atom is -0.477 e. The van der Waals surface area contributed by atoms with Gasteiger partial charge in [-0.1, -0.05) is 30.3 Å². The van der Waals surface area contributed by atoms with Crippen molar-refractivity contribution in [3.8, 4) is 5.88 Å². The number of fused-ring (bicyclic) bond motifs is 3. The van der Waals surface area contributed by atoms with E-state index in [4.69, 9.17) is 14.5 Å². The summed E-state index contributed by atoms with van der Waals surface area (Å²) >= 11 is 0. The van der Waals surface area contributed by atoms with Crippen LogP contribution in [0, 0.1) is 5.92 Å².